The number of para-hydroxylation sites is 2. The zero-order valence-electron chi connectivity index (χ0n) is 13.6. The molecule has 118 valence electrons. The smallest absolute Gasteiger partial charge is 0.150 e. The monoisotopic (exact) mass is 307 g/mol. The van der Waals surface area contributed by atoms with Crippen molar-refractivity contribution in [2.24, 2.45) is 0 Å². The molecule has 0 bridgehead atoms. The first-order valence-corrected chi connectivity index (χ1v) is 8.20. The number of benzene rings is 1. The summed E-state index contributed by atoms with van der Waals surface area (Å²) in [4.78, 5) is 19.8. The third-order valence-electron chi connectivity index (χ3n) is 4.57. The standard InChI is InChI=1S/C18H21N5/c1-12-10-19-13(2)18(20-12)23-9-5-6-14(11-23)17-21-15-7-3-4-8-16(15)22-17/h3-4,7-8,10,14H,5-6,9,11H2,1-2H3,(H,21,22)/t14-/m1/s1. The summed E-state index contributed by atoms with van der Waals surface area (Å²) in [5, 5.41) is 0. The predicted molar refractivity (Wildman–Crippen MR) is 91.8 cm³/mol. The molecule has 1 atom stereocenters. The number of rotatable bonds is 2. The minimum atomic E-state index is 0.415. The van der Waals surface area contributed by atoms with E-state index >= 15 is 0 Å². The Morgan fingerprint density at radius 1 is 1.17 bits per heavy atom. The lowest BCUT2D eigenvalue weighted by molar-refractivity contribution is 0.491. The maximum absolute atomic E-state index is 4.79. The third-order valence-corrected chi connectivity index (χ3v) is 4.57. The Hall–Kier alpha value is -2.43. The van der Waals surface area contributed by atoms with Crippen LogP contribution in [0, 0.1) is 13.8 Å². The van der Waals surface area contributed by atoms with Gasteiger partial charge in [0.15, 0.2) is 0 Å². The Morgan fingerprint density at radius 2 is 2.04 bits per heavy atom. The molecule has 1 saturated heterocycles. The van der Waals surface area contributed by atoms with Crippen molar-refractivity contribution >= 4 is 16.9 Å². The molecular formula is C18H21N5. The number of nitrogens with one attached hydrogen (secondary N) is 1. The minimum Gasteiger partial charge on any atom is -0.354 e. The minimum absolute atomic E-state index is 0.415. The van der Waals surface area contributed by atoms with Crippen LogP contribution >= 0.6 is 0 Å². The Labute approximate surface area is 135 Å². The van der Waals surface area contributed by atoms with E-state index in [1.165, 1.54) is 0 Å². The quantitative estimate of drug-likeness (QED) is 0.789. The molecule has 0 amide bonds. The highest BCUT2D eigenvalue weighted by Crippen LogP contribution is 2.29. The van der Waals surface area contributed by atoms with Crippen molar-refractivity contribution in [3.05, 3.63) is 47.7 Å². The molecule has 5 heteroatoms. The lowest BCUT2D eigenvalue weighted by Gasteiger charge is -2.33. The lowest BCUT2D eigenvalue weighted by atomic mass is 9.97. The van der Waals surface area contributed by atoms with Crippen molar-refractivity contribution in [2.75, 3.05) is 18.0 Å². The normalized spacial score (nSPS) is 18.5. The van der Waals surface area contributed by atoms with Crippen LogP contribution in [0.1, 0.15) is 36.0 Å². The predicted octanol–water partition coefficient (Wildman–Crippen LogP) is 3.35. The largest absolute Gasteiger partial charge is 0.354 e. The number of piperidine rings is 1. The summed E-state index contributed by atoms with van der Waals surface area (Å²) in [6, 6.07) is 8.23. The average Bonchev–Trinajstić information content (AvgIpc) is 3.01. The van der Waals surface area contributed by atoms with Gasteiger partial charge in [-0.15, -0.1) is 0 Å². The SMILES string of the molecule is Cc1cnc(C)c(N2CCC[C@@H](c3nc4ccccc4[nH]3)C2)n1. The molecule has 0 radical (unpaired) electrons. The second-order valence-corrected chi connectivity index (χ2v) is 6.34. The van der Waals surface area contributed by atoms with Crippen molar-refractivity contribution in [3.8, 4) is 0 Å². The number of hydrogen-bond acceptors (Lipinski definition) is 4. The van der Waals surface area contributed by atoms with E-state index in [9.17, 15) is 0 Å². The second-order valence-electron chi connectivity index (χ2n) is 6.34. The highest BCUT2D eigenvalue weighted by molar-refractivity contribution is 5.74. The van der Waals surface area contributed by atoms with Gasteiger partial charge in [0.1, 0.15) is 11.6 Å². The van der Waals surface area contributed by atoms with Crippen molar-refractivity contribution in [1.29, 1.82) is 0 Å². The van der Waals surface area contributed by atoms with Gasteiger partial charge in [-0.3, -0.25) is 4.98 Å². The number of anilines is 1. The van der Waals surface area contributed by atoms with Gasteiger partial charge in [-0.1, -0.05) is 12.1 Å². The Kier molecular flexibility index (Phi) is 3.48. The summed E-state index contributed by atoms with van der Waals surface area (Å²) in [7, 11) is 0. The first-order valence-electron chi connectivity index (χ1n) is 8.20. The van der Waals surface area contributed by atoms with Crippen molar-refractivity contribution in [1.82, 2.24) is 19.9 Å². The molecule has 1 aliphatic rings. The number of imidazole rings is 1. The summed E-state index contributed by atoms with van der Waals surface area (Å²) < 4.78 is 0. The fraction of sp³-hybridized carbons (Fsp3) is 0.389. The van der Waals surface area contributed by atoms with Crippen LogP contribution in [0.4, 0.5) is 5.82 Å². The number of aromatic amines is 1. The van der Waals surface area contributed by atoms with E-state index in [0.29, 0.717) is 5.92 Å². The van der Waals surface area contributed by atoms with Crippen LogP contribution in [0.3, 0.4) is 0 Å². The molecule has 0 aliphatic carbocycles. The van der Waals surface area contributed by atoms with E-state index in [0.717, 1.165) is 60.0 Å². The molecule has 0 saturated carbocycles. The van der Waals surface area contributed by atoms with Crippen molar-refractivity contribution in [2.45, 2.75) is 32.6 Å². The number of nitrogens with zero attached hydrogens (tertiary/aromatic N) is 4. The zero-order chi connectivity index (χ0) is 15.8. The van der Waals surface area contributed by atoms with Crippen molar-refractivity contribution < 1.29 is 0 Å². The zero-order valence-corrected chi connectivity index (χ0v) is 13.6. The molecule has 23 heavy (non-hydrogen) atoms. The third kappa shape index (κ3) is 2.67. The molecule has 1 aromatic carbocycles. The van der Waals surface area contributed by atoms with Gasteiger partial charge < -0.3 is 9.88 Å². The molecule has 1 aliphatic heterocycles. The van der Waals surface area contributed by atoms with Crippen LogP contribution in [0.2, 0.25) is 0 Å². The molecule has 0 spiro atoms. The lowest BCUT2D eigenvalue weighted by Crippen LogP contribution is -2.36. The maximum Gasteiger partial charge on any atom is 0.150 e. The number of H-pyrrole nitrogens is 1. The molecule has 4 rings (SSSR count). The van der Waals surface area contributed by atoms with E-state index in [4.69, 9.17) is 9.97 Å². The van der Waals surface area contributed by atoms with Gasteiger partial charge in [0.05, 0.1) is 22.4 Å². The molecule has 0 unspecified atom stereocenters. The molecular weight excluding hydrogens is 286 g/mol. The number of aromatic nitrogens is 4. The van der Waals surface area contributed by atoms with Gasteiger partial charge in [0, 0.05) is 25.2 Å². The van der Waals surface area contributed by atoms with E-state index in [1.54, 1.807) is 0 Å². The summed E-state index contributed by atoms with van der Waals surface area (Å²) in [6.07, 6.45) is 4.14. The summed E-state index contributed by atoms with van der Waals surface area (Å²) in [6.45, 7) is 6.01. The van der Waals surface area contributed by atoms with Gasteiger partial charge in [-0.25, -0.2) is 9.97 Å². The van der Waals surface area contributed by atoms with Crippen LogP contribution in [0.15, 0.2) is 30.5 Å². The Balaban J connectivity index is 1.62. The van der Waals surface area contributed by atoms with Gasteiger partial charge in [0.25, 0.3) is 0 Å². The van der Waals surface area contributed by atoms with Crippen LogP contribution < -0.4 is 4.90 Å². The topological polar surface area (TPSA) is 57.7 Å². The van der Waals surface area contributed by atoms with Crippen molar-refractivity contribution in [3.63, 3.8) is 0 Å². The average molecular weight is 307 g/mol. The molecule has 3 aromatic rings. The summed E-state index contributed by atoms with van der Waals surface area (Å²) >= 11 is 0. The number of fused-ring (bicyclic) bond motifs is 1. The molecule has 1 N–H and O–H groups in total. The number of hydrogen-bond donors (Lipinski definition) is 1. The van der Waals surface area contributed by atoms with E-state index in [2.05, 4.69) is 27.0 Å². The van der Waals surface area contributed by atoms with Gasteiger partial charge >= 0.3 is 0 Å². The first kappa shape index (κ1) is 14.2. The van der Waals surface area contributed by atoms with E-state index < -0.39 is 0 Å². The molecule has 1 fully saturated rings. The van der Waals surface area contributed by atoms with Crippen LogP contribution in [0.5, 0.6) is 0 Å². The molecule has 5 nitrogen and oxygen atoms in total. The molecule has 3 heterocycles. The fourth-order valence-electron chi connectivity index (χ4n) is 3.38. The highest BCUT2D eigenvalue weighted by atomic mass is 15.2. The maximum atomic E-state index is 4.79. The number of aryl methyl sites for hydroxylation is 2. The first-order chi connectivity index (χ1) is 11.2. The van der Waals surface area contributed by atoms with Crippen LogP contribution in [-0.4, -0.2) is 33.0 Å². The van der Waals surface area contributed by atoms with Gasteiger partial charge in [-0.2, -0.15) is 0 Å². The van der Waals surface area contributed by atoms with E-state index in [-0.39, 0.29) is 0 Å². The van der Waals surface area contributed by atoms with Crippen LogP contribution in [-0.2, 0) is 0 Å². The second kappa shape index (κ2) is 5.65. The molecule has 2 aromatic heterocycles. The Morgan fingerprint density at radius 3 is 2.91 bits per heavy atom. The highest BCUT2D eigenvalue weighted by Gasteiger charge is 2.25. The summed E-state index contributed by atoms with van der Waals surface area (Å²) in [5.41, 5.74) is 4.13. The fourth-order valence-corrected chi connectivity index (χ4v) is 3.38. The van der Waals surface area contributed by atoms with Gasteiger partial charge in [-0.05, 0) is 38.8 Å². The van der Waals surface area contributed by atoms with E-state index in [1.807, 2.05) is 32.2 Å². The summed E-state index contributed by atoms with van der Waals surface area (Å²) in [5.74, 6) is 2.53. The Bertz CT molecular complexity index is 805. The van der Waals surface area contributed by atoms with Crippen LogP contribution in [0.25, 0.3) is 11.0 Å². The van der Waals surface area contributed by atoms with Gasteiger partial charge in [0.2, 0.25) is 0 Å².